The summed E-state index contributed by atoms with van der Waals surface area (Å²) in [5.74, 6) is 0.393. The fraction of sp³-hybridized carbons (Fsp3) is 0.381. The second-order valence-corrected chi connectivity index (χ2v) is 7.00. The number of carboxylic acid groups (broad SMARTS) is 1. The highest BCUT2D eigenvalue weighted by Gasteiger charge is 2.37. The Kier molecular flexibility index (Phi) is 6.24. The second kappa shape index (κ2) is 8.63. The summed E-state index contributed by atoms with van der Waals surface area (Å²) in [6.45, 7) is 0.674. The van der Waals surface area contributed by atoms with Crippen molar-refractivity contribution >= 4 is 17.6 Å². The fourth-order valence-corrected chi connectivity index (χ4v) is 4.12. The molecule has 5 nitrogen and oxygen atoms in total. The first-order valence-corrected chi connectivity index (χ1v) is 9.40. The lowest BCUT2D eigenvalue weighted by Gasteiger charge is -2.40. The van der Waals surface area contributed by atoms with Gasteiger partial charge in [-0.05, 0) is 37.1 Å². The third-order valence-corrected chi connectivity index (χ3v) is 5.43. The normalized spacial score (nSPS) is 18.7. The predicted octanol–water partition coefficient (Wildman–Crippen LogP) is 4.39. The maximum atomic E-state index is 12.0. The van der Waals surface area contributed by atoms with Crippen LogP contribution in [-0.4, -0.2) is 42.8 Å². The van der Waals surface area contributed by atoms with Crippen LogP contribution in [0.2, 0.25) is 5.02 Å². The average Bonchev–Trinajstić information content (AvgIpc) is 2.69. The van der Waals surface area contributed by atoms with Gasteiger partial charge in [-0.1, -0.05) is 48.4 Å². The van der Waals surface area contributed by atoms with E-state index in [9.17, 15) is 9.90 Å². The minimum Gasteiger partial charge on any atom is -0.493 e. The molecule has 6 heteroatoms. The maximum Gasteiger partial charge on any atom is 0.320 e. The summed E-state index contributed by atoms with van der Waals surface area (Å²) in [6, 6.07) is 12.3. The summed E-state index contributed by atoms with van der Waals surface area (Å²) in [6.07, 6.45) is 2.46. The summed E-state index contributed by atoms with van der Waals surface area (Å²) in [7, 11) is 3.18. The molecule has 0 amide bonds. The lowest BCUT2D eigenvalue weighted by molar-refractivity contribution is -0.145. The van der Waals surface area contributed by atoms with Gasteiger partial charge >= 0.3 is 5.97 Å². The number of methoxy groups -OCH3 is 2. The molecule has 0 bridgehead atoms. The molecule has 1 aliphatic heterocycles. The summed E-state index contributed by atoms with van der Waals surface area (Å²) < 4.78 is 11.1. The molecule has 3 rings (SSSR count). The molecule has 2 unspecified atom stereocenters. The number of hydrogen-bond donors (Lipinski definition) is 1. The first-order valence-electron chi connectivity index (χ1n) is 9.02. The summed E-state index contributed by atoms with van der Waals surface area (Å²) in [5, 5.41) is 10.4. The van der Waals surface area contributed by atoms with E-state index < -0.39 is 12.0 Å². The number of nitrogens with zero attached hydrogens (tertiary/aromatic N) is 1. The van der Waals surface area contributed by atoms with Crippen LogP contribution in [0, 0.1) is 0 Å². The van der Waals surface area contributed by atoms with Gasteiger partial charge in [0.2, 0.25) is 0 Å². The summed E-state index contributed by atoms with van der Waals surface area (Å²) in [5.41, 5.74) is 1.71. The molecule has 0 radical (unpaired) electrons. The van der Waals surface area contributed by atoms with Gasteiger partial charge in [0.1, 0.15) is 6.04 Å². The predicted molar refractivity (Wildman–Crippen MR) is 105 cm³/mol. The Morgan fingerprint density at radius 2 is 1.85 bits per heavy atom. The van der Waals surface area contributed by atoms with Gasteiger partial charge in [-0.15, -0.1) is 0 Å². The van der Waals surface area contributed by atoms with Gasteiger partial charge in [0, 0.05) is 10.6 Å². The minimum atomic E-state index is -0.811. The van der Waals surface area contributed by atoms with Crippen LogP contribution in [0.1, 0.15) is 36.4 Å². The van der Waals surface area contributed by atoms with Crippen LogP contribution >= 0.6 is 11.6 Å². The number of carboxylic acids is 1. The van der Waals surface area contributed by atoms with Crippen LogP contribution in [0.25, 0.3) is 0 Å². The van der Waals surface area contributed by atoms with Crippen molar-refractivity contribution in [2.24, 2.45) is 0 Å². The summed E-state index contributed by atoms with van der Waals surface area (Å²) >= 11 is 6.54. The zero-order valence-electron chi connectivity index (χ0n) is 15.5. The molecule has 2 atom stereocenters. The van der Waals surface area contributed by atoms with Crippen LogP contribution < -0.4 is 9.47 Å². The first-order chi connectivity index (χ1) is 13.1. The molecule has 1 aliphatic rings. The van der Waals surface area contributed by atoms with Crippen LogP contribution in [0.5, 0.6) is 11.5 Å². The number of para-hydroxylation sites is 1. The van der Waals surface area contributed by atoms with E-state index in [0.29, 0.717) is 29.5 Å². The Morgan fingerprint density at radius 1 is 1.11 bits per heavy atom. The zero-order valence-corrected chi connectivity index (χ0v) is 16.3. The second-order valence-electron chi connectivity index (χ2n) is 6.59. The third-order valence-electron chi connectivity index (χ3n) is 5.09. The van der Waals surface area contributed by atoms with Gasteiger partial charge in [0.25, 0.3) is 0 Å². The highest BCUT2D eigenvalue weighted by molar-refractivity contribution is 6.31. The average molecular weight is 390 g/mol. The number of piperidine rings is 1. The van der Waals surface area contributed by atoms with Gasteiger partial charge in [-0.2, -0.15) is 0 Å². The largest absolute Gasteiger partial charge is 0.493 e. The molecule has 1 N–H and O–H groups in total. The van der Waals surface area contributed by atoms with Crippen molar-refractivity contribution in [3.05, 3.63) is 58.6 Å². The van der Waals surface area contributed by atoms with E-state index >= 15 is 0 Å². The van der Waals surface area contributed by atoms with Gasteiger partial charge < -0.3 is 14.6 Å². The lowest BCUT2D eigenvalue weighted by Crippen LogP contribution is -2.47. The quantitative estimate of drug-likeness (QED) is 0.794. The molecule has 0 spiro atoms. The van der Waals surface area contributed by atoms with E-state index in [-0.39, 0.29) is 6.04 Å². The number of likely N-dealkylation sites (tertiary alicyclic amines) is 1. The van der Waals surface area contributed by atoms with Gasteiger partial charge in [-0.25, -0.2) is 0 Å². The monoisotopic (exact) mass is 389 g/mol. The van der Waals surface area contributed by atoms with Gasteiger partial charge in [0.15, 0.2) is 11.5 Å². The number of benzene rings is 2. The number of rotatable bonds is 6. The highest BCUT2D eigenvalue weighted by Crippen LogP contribution is 2.43. The van der Waals surface area contributed by atoms with E-state index in [2.05, 4.69) is 0 Å². The Balaban J connectivity index is 2.20. The van der Waals surface area contributed by atoms with Crippen molar-refractivity contribution in [2.45, 2.75) is 31.3 Å². The van der Waals surface area contributed by atoms with Gasteiger partial charge in [-0.3, -0.25) is 9.69 Å². The highest BCUT2D eigenvalue weighted by atomic mass is 35.5. The van der Waals surface area contributed by atoms with Crippen molar-refractivity contribution in [3.8, 4) is 11.5 Å². The van der Waals surface area contributed by atoms with E-state index in [1.165, 1.54) is 0 Å². The van der Waals surface area contributed by atoms with Crippen molar-refractivity contribution in [3.63, 3.8) is 0 Å². The van der Waals surface area contributed by atoms with Crippen LogP contribution in [0.3, 0.4) is 0 Å². The third kappa shape index (κ3) is 3.89. The standard InChI is InChI=1S/C21H24ClNO4/c1-26-18-12-7-9-15(20(18)27-2)19(14-8-3-4-10-16(14)22)23-13-6-5-11-17(23)21(24)25/h3-4,7-10,12,17,19H,5-6,11,13H2,1-2H3,(H,24,25). The van der Waals surface area contributed by atoms with Crippen LogP contribution in [0.4, 0.5) is 0 Å². The molecule has 0 aliphatic carbocycles. The smallest absolute Gasteiger partial charge is 0.320 e. The molecule has 2 aromatic carbocycles. The number of carbonyl (C=O) groups is 1. The van der Waals surface area contributed by atoms with Crippen LogP contribution in [0.15, 0.2) is 42.5 Å². The molecule has 1 heterocycles. The number of ether oxygens (including phenoxy) is 2. The number of aliphatic carboxylic acids is 1. The topological polar surface area (TPSA) is 59.0 Å². The molecular formula is C21H24ClNO4. The molecular weight excluding hydrogens is 366 g/mol. The Hall–Kier alpha value is -2.24. The molecule has 0 saturated carbocycles. The maximum absolute atomic E-state index is 12.0. The van der Waals surface area contributed by atoms with E-state index in [0.717, 1.165) is 24.0 Å². The minimum absolute atomic E-state index is 0.342. The molecule has 1 fully saturated rings. The molecule has 2 aromatic rings. The van der Waals surface area contributed by atoms with E-state index in [4.69, 9.17) is 21.1 Å². The van der Waals surface area contributed by atoms with Crippen molar-refractivity contribution in [2.75, 3.05) is 20.8 Å². The van der Waals surface area contributed by atoms with Gasteiger partial charge in [0.05, 0.1) is 20.3 Å². The Labute approximate surface area is 164 Å². The molecule has 144 valence electrons. The fourth-order valence-electron chi connectivity index (χ4n) is 3.88. The lowest BCUT2D eigenvalue weighted by atomic mass is 9.91. The van der Waals surface area contributed by atoms with E-state index in [1.54, 1.807) is 14.2 Å². The Morgan fingerprint density at radius 3 is 2.52 bits per heavy atom. The SMILES string of the molecule is COc1cccc(C(c2ccccc2Cl)N2CCCCC2C(=O)O)c1OC. The van der Waals surface area contributed by atoms with Crippen molar-refractivity contribution in [1.29, 1.82) is 0 Å². The summed E-state index contributed by atoms with van der Waals surface area (Å²) in [4.78, 5) is 14.0. The molecule has 1 saturated heterocycles. The number of halogens is 1. The van der Waals surface area contributed by atoms with Crippen molar-refractivity contribution < 1.29 is 19.4 Å². The van der Waals surface area contributed by atoms with E-state index in [1.807, 2.05) is 47.4 Å². The first kappa shape index (κ1) is 19.5. The van der Waals surface area contributed by atoms with Crippen LogP contribution in [-0.2, 0) is 4.79 Å². The van der Waals surface area contributed by atoms with Crippen molar-refractivity contribution in [1.82, 2.24) is 4.90 Å². The Bertz CT molecular complexity index is 811. The molecule has 0 aromatic heterocycles. The molecule has 27 heavy (non-hydrogen) atoms. The number of hydrogen-bond acceptors (Lipinski definition) is 4. The zero-order chi connectivity index (χ0) is 19.4.